The van der Waals surface area contributed by atoms with E-state index in [9.17, 15) is 4.79 Å². The van der Waals surface area contributed by atoms with Gasteiger partial charge in [-0.2, -0.15) is 0 Å². The standard InChI is InChI=1S/C13H26N2O/c1-4-11(5-2)10-15-12(16)13(3)6-8-14-9-7-13/h11,14H,4-10H2,1-3H3,(H,15,16). The Balaban J connectivity index is 2.38. The summed E-state index contributed by atoms with van der Waals surface area (Å²) in [6.45, 7) is 9.24. The van der Waals surface area contributed by atoms with Gasteiger partial charge in [0.05, 0.1) is 0 Å². The highest BCUT2D eigenvalue weighted by molar-refractivity contribution is 5.82. The van der Waals surface area contributed by atoms with Crippen molar-refractivity contribution in [2.24, 2.45) is 11.3 Å². The Kier molecular flexibility index (Phi) is 5.26. The van der Waals surface area contributed by atoms with Gasteiger partial charge >= 0.3 is 0 Å². The fourth-order valence-corrected chi connectivity index (χ4v) is 2.23. The van der Waals surface area contributed by atoms with Gasteiger partial charge in [-0.15, -0.1) is 0 Å². The van der Waals surface area contributed by atoms with Crippen molar-refractivity contribution in [2.45, 2.75) is 46.5 Å². The number of carbonyl (C=O) groups is 1. The van der Waals surface area contributed by atoms with Crippen LogP contribution in [0.15, 0.2) is 0 Å². The zero-order chi connectivity index (χ0) is 12.0. The molecule has 16 heavy (non-hydrogen) atoms. The summed E-state index contributed by atoms with van der Waals surface area (Å²) in [4.78, 5) is 12.1. The fourth-order valence-electron chi connectivity index (χ4n) is 2.23. The normalized spacial score (nSPS) is 19.8. The Bertz CT molecular complexity index is 218. The molecule has 1 heterocycles. The van der Waals surface area contributed by atoms with Gasteiger partial charge in [0.15, 0.2) is 0 Å². The monoisotopic (exact) mass is 226 g/mol. The van der Waals surface area contributed by atoms with Crippen molar-refractivity contribution in [1.82, 2.24) is 10.6 Å². The molecule has 0 bridgehead atoms. The van der Waals surface area contributed by atoms with Gasteiger partial charge in [0.25, 0.3) is 0 Å². The first-order valence-electron chi connectivity index (χ1n) is 6.61. The van der Waals surface area contributed by atoms with Gasteiger partial charge in [-0.3, -0.25) is 4.79 Å². The van der Waals surface area contributed by atoms with E-state index in [1.54, 1.807) is 0 Å². The molecule has 0 atom stereocenters. The third-order valence-corrected chi connectivity index (χ3v) is 3.96. The molecule has 2 N–H and O–H groups in total. The molecular weight excluding hydrogens is 200 g/mol. The van der Waals surface area contributed by atoms with E-state index in [0.717, 1.165) is 45.3 Å². The maximum atomic E-state index is 12.1. The molecule has 1 fully saturated rings. The average molecular weight is 226 g/mol. The molecule has 3 heteroatoms. The van der Waals surface area contributed by atoms with E-state index in [0.29, 0.717) is 5.92 Å². The van der Waals surface area contributed by atoms with E-state index in [1.165, 1.54) is 0 Å². The highest BCUT2D eigenvalue weighted by Crippen LogP contribution is 2.28. The van der Waals surface area contributed by atoms with E-state index in [1.807, 2.05) is 0 Å². The Morgan fingerprint density at radius 2 is 1.88 bits per heavy atom. The van der Waals surface area contributed by atoms with Crippen LogP contribution in [-0.4, -0.2) is 25.5 Å². The first kappa shape index (κ1) is 13.5. The second kappa shape index (κ2) is 6.24. The highest BCUT2D eigenvalue weighted by Gasteiger charge is 2.34. The molecule has 0 radical (unpaired) electrons. The van der Waals surface area contributed by atoms with Crippen molar-refractivity contribution in [3.63, 3.8) is 0 Å². The number of carbonyl (C=O) groups excluding carboxylic acids is 1. The quantitative estimate of drug-likeness (QED) is 0.752. The lowest BCUT2D eigenvalue weighted by Crippen LogP contribution is -2.46. The first-order chi connectivity index (χ1) is 7.62. The minimum Gasteiger partial charge on any atom is -0.355 e. The second-order valence-electron chi connectivity index (χ2n) is 5.20. The Morgan fingerprint density at radius 3 is 2.38 bits per heavy atom. The third-order valence-electron chi connectivity index (χ3n) is 3.96. The molecule has 3 nitrogen and oxygen atoms in total. The lowest BCUT2D eigenvalue weighted by molar-refractivity contribution is -0.131. The van der Waals surface area contributed by atoms with Gasteiger partial charge in [-0.05, 0) is 31.8 Å². The van der Waals surface area contributed by atoms with Crippen LogP contribution in [0.4, 0.5) is 0 Å². The molecule has 0 saturated carbocycles. The van der Waals surface area contributed by atoms with Crippen LogP contribution in [0.25, 0.3) is 0 Å². The SMILES string of the molecule is CCC(CC)CNC(=O)C1(C)CCNCC1. The molecule has 0 spiro atoms. The van der Waals surface area contributed by atoms with E-state index in [4.69, 9.17) is 0 Å². The zero-order valence-corrected chi connectivity index (χ0v) is 10.9. The number of amides is 1. The zero-order valence-electron chi connectivity index (χ0n) is 10.9. The maximum Gasteiger partial charge on any atom is 0.226 e. The van der Waals surface area contributed by atoms with Crippen molar-refractivity contribution in [3.8, 4) is 0 Å². The molecule has 0 aromatic rings. The molecule has 1 aliphatic heterocycles. The van der Waals surface area contributed by atoms with Crippen molar-refractivity contribution >= 4 is 5.91 Å². The second-order valence-corrected chi connectivity index (χ2v) is 5.20. The summed E-state index contributed by atoms with van der Waals surface area (Å²) in [5, 5.41) is 6.43. The van der Waals surface area contributed by atoms with Gasteiger partial charge in [-0.25, -0.2) is 0 Å². The molecule has 1 amide bonds. The van der Waals surface area contributed by atoms with Crippen LogP contribution >= 0.6 is 0 Å². The van der Waals surface area contributed by atoms with Crippen LogP contribution in [0, 0.1) is 11.3 Å². The molecule has 1 aliphatic rings. The third kappa shape index (κ3) is 3.48. The topological polar surface area (TPSA) is 41.1 Å². The number of hydrogen-bond acceptors (Lipinski definition) is 2. The Morgan fingerprint density at radius 1 is 1.31 bits per heavy atom. The maximum absolute atomic E-state index is 12.1. The summed E-state index contributed by atoms with van der Waals surface area (Å²) in [5.74, 6) is 0.884. The molecule has 94 valence electrons. The van der Waals surface area contributed by atoms with Gasteiger partial charge < -0.3 is 10.6 Å². The van der Waals surface area contributed by atoms with Crippen LogP contribution in [0.3, 0.4) is 0 Å². The van der Waals surface area contributed by atoms with Gasteiger partial charge in [0.1, 0.15) is 0 Å². The lowest BCUT2D eigenvalue weighted by Gasteiger charge is -2.33. The molecule has 1 rings (SSSR count). The summed E-state index contributed by atoms with van der Waals surface area (Å²) in [6, 6.07) is 0. The average Bonchev–Trinajstić information content (AvgIpc) is 2.31. The van der Waals surface area contributed by atoms with E-state index >= 15 is 0 Å². The van der Waals surface area contributed by atoms with E-state index < -0.39 is 0 Å². The fraction of sp³-hybridized carbons (Fsp3) is 0.923. The summed E-state index contributed by atoms with van der Waals surface area (Å²) in [7, 11) is 0. The van der Waals surface area contributed by atoms with Crippen molar-refractivity contribution < 1.29 is 4.79 Å². The lowest BCUT2D eigenvalue weighted by atomic mass is 9.80. The van der Waals surface area contributed by atoms with Crippen molar-refractivity contribution in [1.29, 1.82) is 0 Å². The van der Waals surface area contributed by atoms with Crippen molar-refractivity contribution in [3.05, 3.63) is 0 Å². The molecular formula is C13H26N2O. The minimum absolute atomic E-state index is 0.142. The van der Waals surface area contributed by atoms with Crippen LogP contribution < -0.4 is 10.6 Å². The molecule has 0 aromatic carbocycles. The summed E-state index contributed by atoms with van der Waals surface area (Å²) in [5.41, 5.74) is -0.142. The number of nitrogens with one attached hydrogen (secondary N) is 2. The van der Waals surface area contributed by atoms with E-state index in [2.05, 4.69) is 31.4 Å². The predicted octanol–water partition coefficient (Wildman–Crippen LogP) is 1.93. The Labute approximate surface area is 99.4 Å². The van der Waals surface area contributed by atoms with Crippen molar-refractivity contribution in [2.75, 3.05) is 19.6 Å². The molecule has 0 aliphatic carbocycles. The van der Waals surface area contributed by atoms with E-state index in [-0.39, 0.29) is 11.3 Å². The first-order valence-corrected chi connectivity index (χ1v) is 6.61. The van der Waals surface area contributed by atoms with Crippen LogP contribution in [0.5, 0.6) is 0 Å². The largest absolute Gasteiger partial charge is 0.355 e. The Hall–Kier alpha value is -0.570. The highest BCUT2D eigenvalue weighted by atomic mass is 16.2. The van der Waals surface area contributed by atoms with Crippen LogP contribution in [0.1, 0.15) is 46.5 Å². The number of rotatable bonds is 5. The summed E-state index contributed by atoms with van der Waals surface area (Å²) < 4.78 is 0. The predicted molar refractivity (Wildman–Crippen MR) is 67.3 cm³/mol. The van der Waals surface area contributed by atoms with Crippen LogP contribution in [0.2, 0.25) is 0 Å². The number of hydrogen-bond donors (Lipinski definition) is 2. The van der Waals surface area contributed by atoms with Crippen LogP contribution in [-0.2, 0) is 4.79 Å². The molecule has 1 saturated heterocycles. The van der Waals surface area contributed by atoms with Gasteiger partial charge in [0, 0.05) is 12.0 Å². The van der Waals surface area contributed by atoms with Gasteiger partial charge in [0.2, 0.25) is 5.91 Å². The smallest absolute Gasteiger partial charge is 0.226 e. The summed E-state index contributed by atoms with van der Waals surface area (Å²) in [6.07, 6.45) is 4.22. The summed E-state index contributed by atoms with van der Waals surface area (Å²) >= 11 is 0. The minimum atomic E-state index is -0.142. The number of piperidine rings is 1. The van der Waals surface area contributed by atoms with Gasteiger partial charge in [-0.1, -0.05) is 33.6 Å². The molecule has 0 unspecified atom stereocenters. The molecule has 0 aromatic heterocycles.